The van der Waals surface area contributed by atoms with Crippen molar-refractivity contribution in [3.63, 3.8) is 0 Å². The lowest BCUT2D eigenvalue weighted by atomic mass is 9.86. The van der Waals surface area contributed by atoms with Gasteiger partial charge in [-0.25, -0.2) is 18.0 Å². The van der Waals surface area contributed by atoms with E-state index in [0.717, 1.165) is 18.2 Å². The van der Waals surface area contributed by atoms with Gasteiger partial charge in [-0.2, -0.15) is 0 Å². The van der Waals surface area contributed by atoms with Crippen molar-refractivity contribution in [2.24, 2.45) is 0 Å². The van der Waals surface area contributed by atoms with E-state index in [1.807, 2.05) is 32.0 Å². The molecule has 3 rings (SSSR count). The number of benzene rings is 2. The maximum atomic E-state index is 11.5. The number of hydrogen-bond donors (Lipinski definition) is 5. The number of ether oxygens (including phenoxy) is 1. The Balaban J connectivity index is 0.000000466. The Bertz CT molecular complexity index is 1150. The summed E-state index contributed by atoms with van der Waals surface area (Å²) >= 11 is 0. The monoisotopic (exact) mass is 506 g/mol. The van der Waals surface area contributed by atoms with E-state index in [0.29, 0.717) is 30.1 Å². The van der Waals surface area contributed by atoms with Crippen LogP contribution in [0.4, 0.5) is 5.69 Å². The van der Waals surface area contributed by atoms with E-state index in [1.54, 1.807) is 18.2 Å². The number of hydrogen-bond acceptors (Lipinski definition) is 7. The molecule has 190 valence electrons. The predicted octanol–water partition coefficient (Wildman–Crippen LogP) is 2.18. The van der Waals surface area contributed by atoms with Gasteiger partial charge in [-0.05, 0) is 38.4 Å². The standard InChI is InChI=1S/C20H26N2O4S.C4H4O4/c1-20(2)19(23)18(21-12-11-14-7-5-4-6-8-14)16-10-9-15(13-17(16)26-20)22-27(3,24)25;5-3(6)1-2-4(7)8/h4-10,13,18-19,21-23H,11-12H2,1-3H3;1-2H,(H,5,6)(H,7,8)/t18-,19+;/m0./s1. The summed E-state index contributed by atoms with van der Waals surface area (Å²) in [5.41, 5.74) is 1.67. The van der Waals surface area contributed by atoms with Gasteiger partial charge in [0.05, 0.1) is 18.0 Å². The number of aliphatic hydroxyl groups excluding tert-OH is 1. The topological polar surface area (TPSA) is 162 Å². The minimum Gasteiger partial charge on any atom is -0.485 e. The van der Waals surface area contributed by atoms with Gasteiger partial charge in [0.25, 0.3) is 0 Å². The van der Waals surface area contributed by atoms with Gasteiger partial charge in [0.15, 0.2) is 0 Å². The van der Waals surface area contributed by atoms with Crippen LogP contribution in [-0.2, 0) is 26.0 Å². The molecule has 10 nitrogen and oxygen atoms in total. The van der Waals surface area contributed by atoms with Crippen LogP contribution in [0.1, 0.15) is 31.0 Å². The van der Waals surface area contributed by atoms with Crippen LogP contribution in [0, 0.1) is 0 Å². The summed E-state index contributed by atoms with van der Waals surface area (Å²) in [6, 6.07) is 15.0. The van der Waals surface area contributed by atoms with E-state index >= 15 is 0 Å². The van der Waals surface area contributed by atoms with Crippen LogP contribution in [0.2, 0.25) is 0 Å². The number of rotatable bonds is 8. The summed E-state index contributed by atoms with van der Waals surface area (Å²) in [5, 5.41) is 29.9. The highest BCUT2D eigenvalue weighted by Gasteiger charge is 2.42. The van der Waals surface area contributed by atoms with E-state index in [-0.39, 0.29) is 6.04 Å². The van der Waals surface area contributed by atoms with Crippen molar-refractivity contribution < 1.29 is 38.1 Å². The molecule has 2 atom stereocenters. The molecular weight excluding hydrogens is 476 g/mol. The molecule has 1 heterocycles. The number of aliphatic carboxylic acids is 2. The van der Waals surface area contributed by atoms with Crippen molar-refractivity contribution in [3.05, 3.63) is 71.8 Å². The lowest BCUT2D eigenvalue weighted by Gasteiger charge is -2.42. The number of fused-ring (bicyclic) bond motifs is 1. The van der Waals surface area contributed by atoms with Crippen molar-refractivity contribution in [3.8, 4) is 5.75 Å². The van der Waals surface area contributed by atoms with Gasteiger partial charge in [-0.3, -0.25) is 4.72 Å². The van der Waals surface area contributed by atoms with Gasteiger partial charge >= 0.3 is 11.9 Å². The van der Waals surface area contributed by atoms with Gasteiger partial charge < -0.3 is 25.4 Å². The molecule has 35 heavy (non-hydrogen) atoms. The Labute approximate surface area is 204 Å². The van der Waals surface area contributed by atoms with Crippen LogP contribution in [0.3, 0.4) is 0 Å². The number of sulfonamides is 1. The zero-order valence-corrected chi connectivity index (χ0v) is 20.5. The van der Waals surface area contributed by atoms with Gasteiger partial charge in [-0.1, -0.05) is 36.4 Å². The minimum atomic E-state index is -3.37. The van der Waals surface area contributed by atoms with Crippen LogP contribution in [-0.4, -0.2) is 60.2 Å². The van der Waals surface area contributed by atoms with Crippen molar-refractivity contribution in [1.29, 1.82) is 0 Å². The summed E-state index contributed by atoms with van der Waals surface area (Å²) < 4.78 is 31.4. The first-order valence-corrected chi connectivity index (χ1v) is 12.6. The summed E-state index contributed by atoms with van der Waals surface area (Å²) in [5.74, 6) is -1.95. The highest BCUT2D eigenvalue weighted by Crippen LogP contribution is 2.41. The fourth-order valence-corrected chi connectivity index (χ4v) is 4.01. The average molecular weight is 507 g/mol. The molecule has 2 aromatic rings. The molecule has 0 amide bonds. The van der Waals surface area contributed by atoms with Crippen LogP contribution >= 0.6 is 0 Å². The number of carboxylic acid groups (broad SMARTS) is 2. The van der Waals surface area contributed by atoms with Crippen LogP contribution in [0.5, 0.6) is 5.75 Å². The molecule has 0 saturated heterocycles. The van der Waals surface area contributed by atoms with Crippen LogP contribution in [0.15, 0.2) is 60.7 Å². The van der Waals surface area contributed by atoms with E-state index in [9.17, 15) is 23.1 Å². The third-order valence-corrected chi connectivity index (χ3v) is 5.65. The Morgan fingerprint density at radius 1 is 1.06 bits per heavy atom. The first kappa shape index (κ1) is 27.8. The second kappa shape index (κ2) is 11.8. The normalized spacial score (nSPS) is 18.5. The Morgan fingerprint density at radius 3 is 2.20 bits per heavy atom. The molecule has 1 aliphatic rings. The van der Waals surface area contributed by atoms with Crippen LogP contribution in [0.25, 0.3) is 0 Å². The van der Waals surface area contributed by atoms with E-state index < -0.39 is 33.7 Å². The number of carbonyl (C=O) groups is 2. The number of aliphatic hydroxyl groups is 1. The van der Waals surface area contributed by atoms with Crippen LogP contribution < -0.4 is 14.8 Å². The van der Waals surface area contributed by atoms with Crippen molar-refractivity contribution in [2.45, 2.75) is 38.0 Å². The van der Waals surface area contributed by atoms with Gasteiger partial charge in [-0.15, -0.1) is 0 Å². The van der Waals surface area contributed by atoms with E-state index in [2.05, 4.69) is 22.2 Å². The van der Waals surface area contributed by atoms with Gasteiger partial charge in [0.2, 0.25) is 10.0 Å². The molecule has 0 spiro atoms. The third-order valence-electron chi connectivity index (χ3n) is 5.04. The van der Waals surface area contributed by atoms with Crippen molar-refractivity contribution >= 4 is 27.6 Å². The molecule has 0 bridgehead atoms. The highest BCUT2D eigenvalue weighted by atomic mass is 32.2. The fourth-order valence-electron chi connectivity index (χ4n) is 3.45. The van der Waals surface area contributed by atoms with Crippen molar-refractivity contribution in [2.75, 3.05) is 17.5 Å². The zero-order valence-electron chi connectivity index (χ0n) is 19.6. The lowest BCUT2D eigenvalue weighted by Crippen LogP contribution is -2.52. The minimum absolute atomic E-state index is 0.306. The summed E-state index contributed by atoms with van der Waals surface area (Å²) in [6.07, 6.45) is 2.32. The van der Waals surface area contributed by atoms with E-state index in [4.69, 9.17) is 14.9 Å². The Kier molecular flexibility index (Phi) is 9.40. The van der Waals surface area contributed by atoms with E-state index in [1.165, 1.54) is 5.56 Å². The largest absolute Gasteiger partial charge is 0.485 e. The second-order valence-corrected chi connectivity index (χ2v) is 10.2. The molecule has 1 aliphatic heterocycles. The van der Waals surface area contributed by atoms with Gasteiger partial charge in [0.1, 0.15) is 17.5 Å². The molecule has 0 aliphatic carbocycles. The highest BCUT2D eigenvalue weighted by molar-refractivity contribution is 7.92. The molecule has 0 fully saturated rings. The number of anilines is 1. The molecule has 0 unspecified atom stereocenters. The average Bonchev–Trinajstić information content (AvgIpc) is 2.75. The number of carboxylic acids is 2. The predicted molar refractivity (Wildman–Crippen MR) is 131 cm³/mol. The molecular formula is C24H30N2O8S. The summed E-state index contributed by atoms with van der Waals surface area (Å²) in [6.45, 7) is 4.34. The molecule has 0 radical (unpaired) electrons. The summed E-state index contributed by atoms with van der Waals surface area (Å²) in [4.78, 5) is 19.1. The molecule has 0 saturated carbocycles. The lowest BCUT2D eigenvalue weighted by molar-refractivity contribution is -0.134. The fraction of sp³-hybridized carbons (Fsp3) is 0.333. The third kappa shape index (κ3) is 9.04. The smallest absolute Gasteiger partial charge is 0.328 e. The maximum absolute atomic E-state index is 11.5. The Hall–Kier alpha value is -3.41. The Morgan fingerprint density at radius 2 is 1.66 bits per heavy atom. The molecule has 0 aromatic heterocycles. The number of nitrogens with one attached hydrogen (secondary N) is 2. The molecule has 11 heteroatoms. The van der Waals surface area contributed by atoms with Crippen molar-refractivity contribution in [1.82, 2.24) is 5.32 Å². The zero-order chi connectivity index (χ0) is 26.2. The first-order chi connectivity index (χ1) is 16.3. The molecule has 5 N–H and O–H groups in total. The van der Waals surface area contributed by atoms with Gasteiger partial charge in [0, 0.05) is 23.8 Å². The maximum Gasteiger partial charge on any atom is 0.328 e. The summed E-state index contributed by atoms with van der Waals surface area (Å²) in [7, 11) is -3.37. The molecule has 2 aromatic carbocycles. The first-order valence-electron chi connectivity index (χ1n) is 10.7. The quantitative estimate of drug-likeness (QED) is 0.338. The second-order valence-electron chi connectivity index (χ2n) is 8.45. The SMILES string of the molecule is CC1(C)Oc2cc(NS(C)(=O)=O)ccc2[C@H](NCCc2ccccc2)[C@H]1O.O=C(O)C=CC(=O)O.